The fourth-order valence-electron chi connectivity index (χ4n) is 3.76. The SMILES string of the molecule is COc1cccc(Cc2nsc(N(CCC(=O)N3CCC(C(N)=O)CC3)C(C)C)n2)c1. The molecule has 0 radical (unpaired) electrons. The van der Waals surface area contributed by atoms with Gasteiger partial charge in [-0.15, -0.1) is 0 Å². The molecule has 168 valence electrons. The second-order valence-corrected chi connectivity index (χ2v) is 8.85. The van der Waals surface area contributed by atoms with Gasteiger partial charge < -0.3 is 20.3 Å². The number of piperidine rings is 1. The average molecular weight is 446 g/mol. The van der Waals surface area contributed by atoms with Crippen molar-refractivity contribution < 1.29 is 14.3 Å². The Balaban J connectivity index is 1.57. The van der Waals surface area contributed by atoms with Crippen molar-refractivity contribution in [3.8, 4) is 5.75 Å². The van der Waals surface area contributed by atoms with Gasteiger partial charge in [0.15, 0.2) is 0 Å². The second-order valence-electron chi connectivity index (χ2n) is 8.12. The molecule has 0 bridgehead atoms. The van der Waals surface area contributed by atoms with Crippen LogP contribution in [-0.2, 0) is 16.0 Å². The lowest BCUT2D eigenvalue weighted by atomic mass is 9.96. The van der Waals surface area contributed by atoms with E-state index in [-0.39, 0.29) is 23.8 Å². The van der Waals surface area contributed by atoms with Crippen LogP contribution in [0.2, 0.25) is 0 Å². The number of benzene rings is 1. The Bertz CT molecular complexity index is 893. The molecule has 0 saturated carbocycles. The van der Waals surface area contributed by atoms with Crippen molar-refractivity contribution in [1.29, 1.82) is 0 Å². The highest BCUT2D eigenvalue weighted by Crippen LogP contribution is 2.23. The smallest absolute Gasteiger partial charge is 0.224 e. The van der Waals surface area contributed by atoms with Gasteiger partial charge in [0.1, 0.15) is 11.6 Å². The van der Waals surface area contributed by atoms with E-state index >= 15 is 0 Å². The van der Waals surface area contributed by atoms with Crippen LogP contribution < -0.4 is 15.4 Å². The molecular formula is C22H31N5O3S. The molecule has 0 spiro atoms. The maximum atomic E-state index is 12.7. The van der Waals surface area contributed by atoms with Crippen molar-refractivity contribution >= 4 is 28.5 Å². The summed E-state index contributed by atoms with van der Waals surface area (Å²) in [6.07, 6.45) is 2.34. The van der Waals surface area contributed by atoms with E-state index in [1.165, 1.54) is 11.5 Å². The van der Waals surface area contributed by atoms with Crippen molar-refractivity contribution in [2.75, 3.05) is 31.6 Å². The molecule has 3 rings (SSSR count). The van der Waals surface area contributed by atoms with Crippen molar-refractivity contribution in [2.24, 2.45) is 11.7 Å². The summed E-state index contributed by atoms with van der Waals surface area (Å²) in [5.41, 5.74) is 6.47. The van der Waals surface area contributed by atoms with Crippen LogP contribution in [-0.4, -0.2) is 58.9 Å². The largest absolute Gasteiger partial charge is 0.497 e. The van der Waals surface area contributed by atoms with E-state index in [0.717, 1.165) is 22.3 Å². The maximum absolute atomic E-state index is 12.7. The Morgan fingerprint density at radius 2 is 2.06 bits per heavy atom. The average Bonchev–Trinajstić information content (AvgIpc) is 3.21. The zero-order valence-corrected chi connectivity index (χ0v) is 19.2. The molecule has 9 heteroatoms. The van der Waals surface area contributed by atoms with E-state index in [2.05, 4.69) is 23.1 Å². The molecule has 0 atom stereocenters. The minimum absolute atomic E-state index is 0.106. The number of carbonyl (C=O) groups excluding carboxylic acids is 2. The molecule has 2 amide bonds. The molecule has 1 aliphatic heterocycles. The van der Waals surface area contributed by atoms with Gasteiger partial charge in [-0.25, -0.2) is 4.98 Å². The molecule has 8 nitrogen and oxygen atoms in total. The summed E-state index contributed by atoms with van der Waals surface area (Å²) < 4.78 is 9.81. The lowest BCUT2D eigenvalue weighted by Crippen LogP contribution is -2.43. The molecule has 2 aromatic rings. The van der Waals surface area contributed by atoms with E-state index < -0.39 is 0 Å². The molecule has 1 fully saturated rings. The van der Waals surface area contributed by atoms with Crippen molar-refractivity contribution in [1.82, 2.24) is 14.3 Å². The van der Waals surface area contributed by atoms with Crippen molar-refractivity contribution in [2.45, 2.75) is 45.6 Å². The summed E-state index contributed by atoms with van der Waals surface area (Å²) in [7, 11) is 1.65. The lowest BCUT2D eigenvalue weighted by molar-refractivity contribution is -0.134. The highest BCUT2D eigenvalue weighted by Gasteiger charge is 2.26. The highest BCUT2D eigenvalue weighted by atomic mass is 32.1. The number of ether oxygens (including phenoxy) is 1. The molecule has 0 aliphatic carbocycles. The number of hydrogen-bond acceptors (Lipinski definition) is 7. The van der Waals surface area contributed by atoms with Gasteiger partial charge in [0.05, 0.1) is 7.11 Å². The number of nitrogens with zero attached hydrogens (tertiary/aromatic N) is 4. The van der Waals surface area contributed by atoms with Crippen LogP contribution in [0.3, 0.4) is 0 Å². The Labute approximate surface area is 187 Å². The third-order valence-corrected chi connectivity index (χ3v) is 6.43. The van der Waals surface area contributed by atoms with Crippen LogP contribution in [0.15, 0.2) is 24.3 Å². The summed E-state index contributed by atoms with van der Waals surface area (Å²) in [6.45, 7) is 5.95. The fourth-order valence-corrected chi connectivity index (χ4v) is 4.61. The van der Waals surface area contributed by atoms with E-state index in [0.29, 0.717) is 45.3 Å². The quantitative estimate of drug-likeness (QED) is 0.636. The molecule has 2 N–H and O–H groups in total. The molecule has 2 heterocycles. The summed E-state index contributed by atoms with van der Waals surface area (Å²) in [4.78, 5) is 32.7. The number of rotatable bonds is 9. The van der Waals surface area contributed by atoms with Gasteiger partial charge in [0.2, 0.25) is 16.9 Å². The number of likely N-dealkylation sites (tertiary alicyclic amines) is 1. The third-order valence-electron chi connectivity index (χ3n) is 5.64. The van der Waals surface area contributed by atoms with Crippen LogP contribution >= 0.6 is 11.5 Å². The first kappa shape index (κ1) is 23.0. The van der Waals surface area contributed by atoms with E-state index in [1.54, 1.807) is 7.11 Å². The maximum Gasteiger partial charge on any atom is 0.224 e. The first-order chi connectivity index (χ1) is 14.9. The third kappa shape index (κ3) is 6.16. The summed E-state index contributed by atoms with van der Waals surface area (Å²) >= 11 is 1.36. The molecule has 1 aromatic carbocycles. The van der Waals surface area contributed by atoms with E-state index in [9.17, 15) is 9.59 Å². The standard InChI is InChI=1S/C22H31N5O3S/c1-15(2)27(12-9-20(28)26-10-7-17(8-11-26)21(23)29)22-24-19(25-31-22)14-16-5-4-6-18(13-16)30-3/h4-6,13,15,17H,7-12,14H2,1-3H3,(H2,23,29). The molecule has 31 heavy (non-hydrogen) atoms. The number of methoxy groups -OCH3 is 1. The number of carbonyl (C=O) groups is 2. The number of nitrogens with two attached hydrogens (primary N) is 1. The predicted molar refractivity (Wildman–Crippen MR) is 121 cm³/mol. The Morgan fingerprint density at radius 1 is 1.32 bits per heavy atom. The molecule has 1 aliphatic rings. The minimum Gasteiger partial charge on any atom is -0.497 e. The van der Waals surface area contributed by atoms with Gasteiger partial charge in [0, 0.05) is 56.0 Å². The van der Waals surface area contributed by atoms with Gasteiger partial charge >= 0.3 is 0 Å². The number of anilines is 1. The number of aromatic nitrogens is 2. The van der Waals surface area contributed by atoms with Gasteiger partial charge in [-0.1, -0.05) is 12.1 Å². The predicted octanol–water partition coefficient (Wildman–Crippen LogP) is 2.47. The van der Waals surface area contributed by atoms with Gasteiger partial charge in [0.25, 0.3) is 0 Å². The van der Waals surface area contributed by atoms with E-state index in [4.69, 9.17) is 15.5 Å². The Morgan fingerprint density at radius 3 is 2.71 bits per heavy atom. The first-order valence-corrected chi connectivity index (χ1v) is 11.4. The number of primary amides is 1. The van der Waals surface area contributed by atoms with Crippen LogP contribution in [0.4, 0.5) is 5.13 Å². The van der Waals surface area contributed by atoms with Crippen molar-refractivity contribution in [3.63, 3.8) is 0 Å². The van der Waals surface area contributed by atoms with Gasteiger partial charge in [-0.05, 0) is 44.4 Å². The normalized spacial score (nSPS) is 14.6. The molecular weight excluding hydrogens is 414 g/mol. The van der Waals surface area contributed by atoms with Gasteiger partial charge in [-0.2, -0.15) is 4.37 Å². The topological polar surface area (TPSA) is 102 Å². The van der Waals surface area contributed by atoms with Crippen molar-refractivity contribution in [3.05, 3.63) is 35.7 Å². The van der Waals surface area contributed by atoms with Crippen LogP contribution in [0, 0.1) is 5.92 Å². The monoisotopic (exact) mass is 445 g/mol. The van der Waals surface area contributed by atoms with Gasteiger partial charge in [-0.3, -0.25) is 9.59 Å². The Kier molecular flexibility index (Phi) is 7.84. The van der Waals surface area contributed by atoms with Crippen LogP contribution in [0.5, 0.6) is 5.75 Å². The second kappa shape index (κ2) is 10.6. The summed E-state index contributed by atoms with van der Waals surface area (Å²) in [6, 6.07) is 8.09. The first-order valence-electron chi connectivity index (χ1n) is 10.7. The zero-order chi connectivity index (χ0) is 22.4. The van der Waals surface area contributed by atoms with Crippen LogP contribution in [0.1, 0.15) is 44.5 Å². The van der Waals surface area contributed by atoms with E-state index in [1.807, 2.05) is 29.2 Å². The lowest BCUT2D eigenvalue weighted by Gasteiger charge is -2.32. The fraction of sp³-hybridized carbons (Fsp3) is 0.545. The Hall–Kier alpha value is -2.68. The number of hydrogen-bond donors (Lipinski definition) is 1. The summed E-state index contributed by atoms with van der Waals surface area (Å²) in [5, 5.41) is 0.827. The number of amides is 2. The minimum atomic E-state index is -0.265. The highest BCUT2D eigenvalue weighted by molar-refractivity contribution is 7.09. The molecule has 0 unspecified atom stereocenters. The summed E-state index contributed by atoms with van der Waals surface area (Å²) in [5.74, 6) is 1.31. The zero-order valence-electron chi connectivity index (χ0n) is 18.4. The van der Waals surface area contributed by atoms with Crippen LogP contribution in [0.25, 0.3) is 0 Å². The molecule has 1 saturated heterocycles. The molecule has 1 aromatic heterocycles.